The van der Waals surface area contributed by atoms with Crippen molar-refractivity contribution in [3.63, 3.8) is 0 Å². The molecule has 7 nitrogen and oxygen atoms in total. The number of aryl methyl sites for hydroxylation is 1. The molecule has 1 aromatic heterocycles. The average Bonchev–Trinajstić information content (AvgIpc) is 2.80. The molecule has 0 atom stereocenters. The van der Waals surface area contributed by atoms with Gasteiger partial charge in [0.15, 0.2) is 5.82 Å². The molecule has 2 amide bonds. The summed E-state index contributed by atoms with van der Waals surface area (Å²) in [7, 11) is 0. The maximum Gasteiger partial charge on any atom is 0.315 e. The van der Waals surface area contributed by atoms with Gasteiger partial charge >= 0.3 is 6.03 Å². The molecule has 0 aliphatic heterocycles. The zero-order valence-corrected chi connectivity index (χ0v) is 12.4. The van der Waals surface area contributed by atoms with E-state index in [2.05, 4.69) is 20.8 Å². The van der Waals surface area contributed by atoms with E-state index in [0.29, 0.717) is 24.6 Å². The molecule has 1 aromatic rings. The lowest BCUT2D eigenvalue weighted by Crippen LogP contribution is -2.46. The summed E-state index contributed by atoms with van der Waals surface area (Å²) in [4.78, 5) is 15.6. The van der Waals surface area contributed by atoms with Gasteiger partial charge in [-0.1, -0.05) is 31.8 Å². The van der Waals surface area contributed by atoms with Crippen LogP contribution in [0.5, 0.6) is 0 Å². The number of urea groups is 1. The van der Waals surface area contributed by atoms with Gasteiger partial charge in [0.2, 0.25) is 5.89 Å². The number of hydrogen-bond acceptors (Lipinski definition) is 5. The predicted octanol–water partition coefficient (Wildman–Crippen LogP) is 1.51. The molecule has 1 heterocycles. The quantitative estimate of drug-likeness (QED) is 0.672. The number of aromatic nitrogens is 2. The van der Waals surface area contributed by atoms with Gasteiger partial charge < -0.3 is 20.3 Å². The average molecular weight is 284 g/mol. The molecular formula is C13H24N4O3. The summed E-state index contributed by atoms with van der Waals surface area (Å²) in [6, 6.07) is -0.355. The molecule has 114 valence electrons. The molecular weight excluding hydrogens is 260 g/mol. The molecule has 0 spiro atoms. The van der Waals surface area contributed by atoms with Gasteiger partial charge in [-0.05, 0) is 19.8 Å². The van der Waals surface area contributed by atoms with E-state index in [1.807, 2.05) is 13.8 Å². The van der Waals surface area contributed by atoms with Gasteiger partial charge in [-0.15, -0.1) is 0 Å². The van der Waals surface area contributed by atoms with E-state index in [-0.39, 0.29) is 19.1 Å². The molecule has 0 aromatic carbocycles. The lowest BCUT2D eigenvalue weighted by atomic mass is 9.93. The highest BCUT2D eigenvalue weighted by Crippen LogP contribution is 2.18. The number of rotatable bonds is 8. The number of carbonyl (C=O) groups is 1. The summed E-state index contributed by atoms with van der Waals surface area (Å²) in [6.07, 6.45) is 3.09. The maximum atomic E-state index is 11.7. The largest absolute Gasteiger partial charge is 0.388 e. The van der Waals surface area contributed by atoms with Gasteiger partial charge in [-0.2, -0.15) is 4.98 Å². The lowest BCUT2D eigenvalue weighted by molar-refractivity contribution is 0.0241. The lowest BCUT2D eigenvalue weighted by Gasteiger charge is -2.27. The zero-order chi connectivity index (χ0) is 15.0. The van der Waals surface area contributed by atoms with Gasteiger partial charge in [0.05, 0.1) is 12.1 Å². The third-order valence-electron chi connectivity index (χ3n) is 2.98. The Kier molecular flexibility index (Phi) is 6.44. The van der Waals surface area contributed by atoms with Crippen LogP contribution < -0.4 is 10.6 Å². The minimum Gasteiger partial charge on any atom is -0.388 e. The fraction of sp³-hybridized carbons (Fsp3) is 0.769. The van der Waals surface area contributed by atoms with Crippen molar-refractivity contribution in [2.45, 2.75) is 58.6 Å². The van der Waals surface area contributed by atoms with E-state index in [4.69, 9.17) is 4.52 Å². The molecule has 0 aliphatic rings. The molecule has 3 N–H and O–H groups in total. The molecule has 0 aliphatic carbocycles. The Bertz CT molecular complexity index is 414. The van der Waals surface area contributed by atoms with Crippen molar-refractivity contribution in [3.05, 3.63) is 11.7 Å². The van der Waals surface area contributed by atoms with Gasteiger partial charge in [-0.3, -0.25) is 0 Å². The highest BCUT2D eigenvalue weighted by atomic mass is 16.5. The maximum absolute atomic E-state index is 11.7. The Hall–Kier alpha value is -1.63. The van der Waals surface area contributed by atoms with Crippen LogP contribution in [0.2, 0.25) is 0 Å². The molecule has 7 heteroatoms. The standard InChI is InChI=1S/C13H24N4O3/c1-4-6-13(19,7-5-2)9-15-12(18)14-8-11-16-10(3)17-20-11/h19H,4-9H2,1-3H3,(H2,14,15,18). The third-order valence-corrected chi connectivity index (χ3v) is 2.98. The molecule has 20 heavy (non-hydrogen) atoms. The van der Waals surface area contributed by atoms with Crippen LogP contribution in [-0.2, 0) is 6.54 Å². The van der Waals surface area contributed by atoms with Crippen LogP contribution in [0.25, 0.3) is 0 Å². The molecule has 0 fully saturated rings. The van der Waals surface area contributed by atoms with Crippen LogP contribution in [0, 0.1) is 6.92 Å². The van der Waals surface area contributed by atoms with Crippen molar-refractivity contribution in [2.75, 3.05) is 6.54 Å². The molecule has 1 rings (SSSR count). The van der Waals surface area contributed by atoms with Crippen LogP contribution in [-0.4, -0.2) is 33.4 Å². The molecule has 0 saturated heterocycles. The zero-order valence-electron chi connectivity index (χ0n) is 12.4. The number of aliphatic hydroxyl groups is 1. The van der Waals surface area contributed by atoms with Crippen molar-refractivity contribution in [2.24, 2.45) is 0 Å². The Morgan fingerprint density at radius 3 is 2.45 bits per heavy atom. The number of nitrogens with one attached hydrogen (secondary N) is 2. The van der Waals surface area contributed by atoms with E-state index in [9.17, 15) is 9.90 Å². The Balaban J connectivity index is 2.34. The fourth-order valence-corrected chi connectivity index (χ4v) is 2.11. The highest BCUT2D eigenvalue weighted by molar-refractivity contribution is 5.73. The van der Waals surface area contributed by atoms with Gasteiger partial charge in [0.1, 0.15) is 0 Å². The van der Waals surface area contributed by atoms with Crippen LogP contribution in [0.4, 0.5) is 4.79 Å². The first-order chi connectivity index (χ1) is 9.49. The SMILES string of the molecule is CCCC(O)(CCC)CNC(=O)NCc1nc(C)no1. The number of nitrogens with zero attached hydrogens (tertiary/aromatic N) is 2. The second kappa shape index (κ2) is 7.84. The number of amides is 2. The summed E-state index contributed by atoms with van der Waals surface area (Å²) in [5, 5.41) is 19.3. The monoisotopic (exact) mass is 284 g/mol. The molecule has 0 radical (unpaired) electrons. The normalized spacial score (nSPS) is 11.4. The van der Waals surface area contributed by atoms with Crippen molar-refractivity contribution in [1.82, 2.24) is 20.8 Å². The van der Waals surface area contributed by atoms with Gasteiger partial charge in [0, 0.05) is 6.54 Å². The van der Waals surface area contributed by atoms with Gasteiger partial charge in [-0.25, -0.2) is 4.79 Å². The number of hydrogen-bond donors (Lipinski definition) is 3. The topological polar surface area (TPSA) is 100 Å². The minimum absolute atomic E-state index is 0.173. The van der Waals surface area contributed by atoms with Crippen molar-refractivity contribution < 1.29 is 14.4 Å². The van der Waals surface area contributed by atoms with Crippen molar-refractivity contribution in [1.29, 1.82) is 0 Å². The smallest absolute Gasteiger partial charge is 0.315 e. The second-order valence-electron chi connectivity index (χ2n) is 5.00. The number of carbonyl (C=O) groups excluding carboxylic acids is 1. The first-order valence-corrected chi connectivity index (χ1v) is 7.02. The molecule has 0 bridgehead atoms. The first kappa shape index (κ1) is 16.4. The molecule has 0 saturated carbocycles. The predicted molar refractivity (Wildman–Crippen MR) is 74.0 cm³/mol. The van der Waals surface area contributed by atoms with E-state index >= 15 is 0 Å². The van der Waals surface area contributed by atoms with Crippen LogP contribution in [0.3, 0.4) is 0 Å². The first-order valence-electron chi connectivity index (χ1n) is 7.02. The Morgan fingerprint density at radius 2 is 1.95 bits per heavy atom. The van der Waals surface area contributed by atoms with E-state index in [1.54, 1.807) is 6.92 Å². The van der Waals surface area contributed by atoms with Crippen molar-refractivity contribution >= 4 is 6.03 Å². The van der Waals surface area contributed by atoms with Crippen LogP contribution >= 0.6 is 0 Å². The Labute approximate surface area is 119 Å². The molecule has 0 unspecified atom stereocenters. The van der Waals surface area contributed by atoms with Gasteiger partial charge in [0.25, 0.3) is 0 Å². The van der Waals surface area contributed by atoms with E-state index < -0.39 is 5.60 Å². The summed E-state index contributed by atoms with van der Waals surface area (Å²) in [5.41, 5.74) is -0.831. The fourth-order valence-electron chi connectivity index (χ4n) is 2.11. The summed E-state index contributed by atoms with van der Waals surface area (Å²) < 4.78 is 4.88. The second-order valence-corrected chi connectivity index (χ2v) is 5.00. The summed E-state index contributed by atoms with van der Waals surface area (Å²) in [5.74, 6) is 0.887. The highest BCUT2D eigenvalue weighted by Gasteiger charge is 2.25. The minimum atomic E-state index is -0.831. The Morgan fingerprint density at radius 1 is 1.30 bits per heavy atom. The van der Waals surface area contributed by atoms with Crippen molar-refractivity contribution in [3.8, 4) is 0 Å². The van der Waals surface area contributed by atoms with Crippen LogP contribution in [0.1, 0.15) is 51.2 Å². The third kappa shape index (κ3) is 5.56. The van der Waals surface area contributed by atoms with E-state index in [1.165, 1.54) is 0 Å². The van der Waals surface area contributed by atoms with E-state index in [0.717, 1.165) is 12.8 Å². The van der Waals surface area contributed by atoms with Crippen LogP contribution in [0.15, 0.2) is 4.52 Å². The summed E-state index contributed by atoms with van der Waals surface area (Å²) >= 11 is 0. The summed E-state index contributed by atoms with van der Waals surface area (Å²) in [6.45, 7) is 6.15.